The molecule has 0 bridgehead atoms. The van der Waals surface area contributed by atoms with Crippen LogP contribution in [0, 0.1) is 6.92 Å². The number of aromatic nitrogens is 3. The summed E-state index contributed by atoms with van der Waals surface area (Å²) in [7, 11) is -3.73. The lowest BCUT2D eigenvalue weighted by Gasteiger charge is -2.11. The van der Waals surface area contributed by atoms with Crippen LogP contribution in [-0.4, -0.2) is 22.4 Å². The number of hydrogen-bond acceptors (Lipinski definition) is 4. The molecule has 0 aliphatic carbocycles. The number of nitrogens with zero attached hydrogens (tertiary/aromatic N) is 3. The van der Waals surface area contributed by atoms with Crippen LogP contribution in [0.5, 0.6) is 0 Å². The minimum absolute atomic E-state index is 0.265. The van der Waals surface area contributed by atoms with Crippen LogP contribution < -0.4 is 0 Å². The van der Waals surface area contributed by atoms with Crippen molar-refractivity contribution in [3.8, 4) is 0 Å². The van der Waals surface area contributed by atoms with Gasteiger partial charge in [-0.05, 0) is 55.3 Å². The molecule has 2 aromatic carbocycles. The zero-order valence-electron chi connectivity index (χ0n) is 14.9. The van der Waals surface area contributed by atoms with Crippen molar-refractivity contribution in [1.29, 1.82) is 0 Å². The predicted octanol–water partition coefficient (Wildman–Crippen LogP) is 3.76. The van der Waals surface area contributed by atoms with Gasteiger partial charge in [0.2, 0.25) is 0 Å². The molecule has 0 unspecified atom stereocenters. The Balaban J connectivity index is 1.81. The molecule has 0 amide bonds. The Morgan fingerprint density at radius 1 is 0.889 bits per heavy atom. The first-order valence-corrected chi connectivity index (χ1v) is 10.2. The normalized spacial score (nSPS) is 11.7. The van der Waals surface area contributed by atoms with Crippen LogP contribution in [0.1, 0.15) is 17.0 Å². The van der Waals surface area contributed by atoms with Crippen molar-refractivity contribution in [2.24, 2.45) is 0 Å². The maximum atomic E-state index is 13.4. The molecule has 0 aliphatic heterocycles. The van der Waals surface area contributed by atoms with Gasteiger partial charge in [0.1, 0.15) is 5.82 Å². The number of hydrogen-bond donors (Lipinski definition) is 0. The van der Waals surface area contributed by atoms with Gasteiger partial charge in [0, 0.05) is 18.8 Å². The summed E-state index contributed by atoms with van der Waals surface area (Å²) in [5.41, 5.74) is 3.39. The molecule has 4 aromatic rings. The van der Waals surface area contributed by atoms with Gasteiger partial charge in [-0.3, -0.25) is 4.98 Å². The lowest BCUT2D eigenvalue weighted by atomic mass is 10.1. The van der Waals surface area contributed by atoms with Gasteiger partial charge < -0.3 is 0 Å². The van der Waals surface area contributed by atoms with Crippen LogP contribution in [0.15, 0.2) is 78.0 Å². The topological polar surface area (TPSA) is 64.8 Å². The highest BCUT2D eigenvalue weighted by Crippen LogP contribution is 2.24. The molecule has 2 heterocycles. The third-order valence-electron chi connectivity index (χ3n) is 4.53. The molecule has 0 fully saturated rings. The minimum Gasteiger partial charge on any atom is -0.265 e. The summed E-state index contributed by atoms with van der Waals surface area (Å²) in [4.78, 5) is 8.89. The molecule has 0 spiro atoms. The first-order chi connectivity index (χ1) is 13.1. The van der Waals surface area contributed by atoms with Crippen molar-refractivity contribution in [1.82, 2.24) is 13.9 Å². The molecular formula is C21H19N3O2S. The molecule has 0 saturated carbocycles. The Hall–Kier alpha value is -2.99. The van der Waals surface area contributed by atoms with Gasteiger partial charge in [-0.1, -0.05) is 29.8 Å². The zero-order valence-corrected chi connectivity index (χ0v) is 15.7. The molecule has 136 valence electrons. The minimum atomic E-state index is -3.73. The van der Waals surface area contributed by atoms with Gasteiger partial charge in [0.05, 0.1) is 15.9 Å². The van der Waals surface area contributed by atoms with E-state index < -0.39 is 10.0 Å². The Morgan fingerprint density at radius 3 is 2.33 bits per heavy atom. The zero-order chi connectivity index (χ0) is 18.9. The van der Waals surface area contributed by atoms with Crippen molar-refractivity contribution in [2.45, 2.75) is 24.7 Å². The standard InChI is InChI=1S/C21H19N3O2S/c1-16-6-9-18(10-7-16)27(25,26)24-20-5-3-2-4-19(20)23-21(24)11-8-17-12-14-22-15-13-17/h2-7,9-10,12-15H,8,11H2,1H3. The van der Waals surface area contributed by atoms with E-state index in [0.29, 0.717) is 29.7 Å². The summed E-state index contributed by atoms with van der Waals surface area (Å²) in [6.07, 6.45) is 4.68. The van der Waals surface area contributed by atoms with Crippen molar-refractivity contribution < 1.29 is 8.42 Å². The summed E-state index contributed by atoms with van der Waals surface area (Å²) < 4.78 is 28.1. The van der Waals surface area contributed by atoms with E-state index in [1.807, 2.05) is 49.4 Å². The number of pyridine rings is 1. The second-order valence-electron chi connectivity index (χ2n) is 6.45. The van der Waals surface area contributed by atoms with E-state index in [0.717, 1.165) is 11.1 Å². The average molecular weight is 377 g/mol. The number of rotatable bonds is 5. The summed E-state index contributed by atoms with van der Waals surface area (Å²) >= 11 is 0. The molecular weight excluding hydrogens is 358 g/mol. The molecule has 27 heavy (non-hydrogen) atoms. The van der Waals surface area contributed by atoms with Gasteiger partial charge in [0.15, 0.2) is 0 Å². The van der Waals surface area contributed by atoms with Crippen molar-refractivity contribution in [2.75, 3.05) is 0 Å². The largest absolute Gasteiger partial charge is 0.269 e. The number of imidazole rings is 1. The third kappa shape index (κ3) is 3.36. The number of aryl methyl sites for hydroxylation is 3. The van der Waals surface area contributed by atoms with Gasteiger partial charge in [-0.2, -0.15) is 0 Å². The first-order valence-electron chi connectivity index (χ1n) is 8.73. The second-order valence-corrected chi connectivity index (χ2v) is 8.24. The van der Waals surface area contributed by atoms with E-state index in [1.165, 1.54) is 3.97 Å². The van der Waals surface area contributed by atoms with Crippen molar-refractivity contribution >= 4 is 21.1 Å². The van der Waals surface area contributed by atoms with E-state index in [9.17, 15) is 8.42 Å². The van der Waals surface area contributed by atoms with E-state index >= 15 is 0 Å². The highest BCUT2D eigenvalue weighted by Gasteiger charge is 2.23. The van der Waals surface area contributed by atoms with Crippen LogP contribution in [-0.2, 0) is 22.9 Å². The van der Waals surface area contributed by atoms with Gasteiger partial charge in [-0.15, -0.1) is 0 Å². The Morgan fingerprint density at radius 2 is 1.59 bits per heavy atom. The van der Waals surface area contributed by atoms with Crippen LogP contribution in [0.2, 0.25) is 0 Å². The number of para-hydroxylation sites is 2. The highest BCUT2D eigenvalue weighted by atomic mass is 32.2. The number of fused-ring (bicyclic) bond motifs is 1. The van der Waals surface area contributed by atoms with Gasteiger partial charge >= 0.3 is 0 Å². The third-order valence-corrected chi connectivity index (χ3v) is 6.29. The molecule has 0 atom stereocenters. The molecule has 6 heteroatoms. The Bertz CT molecular complexity index is 1180. The fourth-order valence-electron chi connectivity index (χ4n) is 3.10. The van der Waals surface area contributed by atoms with E-state index in [1.54, 1.807) is 30.6 Å². The van der Waals surface area contributed by atoms with Gasteiger partial charge in [-0.25, -0.2) is 17.4 Å². The van der Waals surface area contributed by atoms with Crippen LogP contribution in [0.25, 0.3) is 11.0 Å². The molecule has 0 saturated heterocycles. The van der Waals surface area contributed by atoms with Crippen LogP contribution >= 0.6 is 0 Å². The molecule has 2 aromatic heterocycles. The first kappa shape index (κ1) is 17.4. The van der Waals surface area contributed by atoms with Crippen LogP contribution in [0.3, 0.4) is 0 Å². The Labute approximate surface area is 158 Å². The lowest BCUT2D eigenvalue weighted by molar-refractivity contribution is 0.585. The number of benzene rings is 2. The second kappa shape index (κ2) is 6.96. The SMILES string of the molecule is Cc1ccc(S(=O)(=O)n2c(CCc3ccncc3)nc3ccccc32)cc1. The average Bonchev–Trinajstić information content (AvgIpc) is 3.07. The van der Waals surface area contributed by atoms with Crippen molar-refractivity contribution in [3.05, 3.63) is 90.0 Å². The highest BCUT2D eigenvalue weighted by molar-refractivity contribution is 7.90. The van der Waals surface area contributed by atoms with E-state index in [2.05, 4.69) is 9.97 Å². The summed E-state index contributed by atoms with van der Waals surface area (Å²) in [6.45, 7) is 1.93. The monoisotopic (exact) mass is 377 g/mol. The van der Waals surface area contributed by atoms with Crippen LogP contribution in [0.4, 0.5) is 0 Å². The van der Waals surface area contributed by atoms with E-state index in [-0.39, 0.29) is 4.90 Å². The smallest absolute Gasteiger partial charge is 0.265 e. The lowest BCUT2D eigenvalue weighted by Crippen LogP contribution is -2.16. The Kier molecular flexibility index (Phi) is 4.49. The summed E-state index contributed by atoms with van der Waals surface area (Å²) in [6, 6.07) is 18.1. The maximum Gasteiger partial charge on any atom is 0.269 e. The molecule has 0 radical (unpaired) electrons. The molecule has 0 N–H and O–H groups in total. The maximum absolute atomic E-state index is 13.4. The molecule has 0 aliphatic rings. The predicted molar refractivity (Wildman–Crippen MR) is 105 cm³/mol. The summed E-state index contributed by atoms with van der Waals surface area (Å²) in [5, 5.41) is 0. The van der Waals surface area contributed by atoms with Gasteiger partial charge in [0.25, 0.3) is 10.0 Å². The summed E-state index contributed by atoms with van der Waals surface area (Å²) in [5.74, 6) is 0.536. The molecule has 4 rings (SSSR count). The molecule has 5 nitrogen and oxygen atoms in total. The van der Waals surface area contributed by atoms with E-state index in [4.69, 9.17) is 0 Å². The fourth-order valence-corrected chi connectivity index (χ4v) is 4.61. The quantitative estimate of drug-likeness (QED) is 0.531. The fraction of sp³-hybridized carbons (Fsp3) is 0.143. The van der Waals surface area contributed by atoms with Crippen molar-refractivity contribution in [3.63, 3.8) is 0 Å².